The van der Waals surface area contributed by atoms with Gasteiger partial charge < -0.3 is 15.2 Å². The molecule has 1 amide bonds. The summed E-state index contributed by atoms with van der Waals surface area (Å²) in [6.07, 6.45) is 5.38. The van der Waals surface area contributed by atoms with Crippen molar-refractivity contribution in [1.82, 2.24) is 19.8 Å². The second-order valence-electron chi connectivity index (χ2n) is 7.19. The summed E-state index contributed by atoms with van der Waals surface area (Å²) in [5.74, 6) is 0.941. The molecule has 0 aromatic carbocycles. The zero-order chi connectivity index (χ0) is 18.8. The number of anilines is 2. The Kier molecular flexibility index (Phi) is 5.62. The van der Waals surface area contributed by atoms with Gasteiger partial charge in [0.25, 0.3) is 0 Å². The molecule has 3 heterocycles. The zero-order valence-corrected chi connectivity index (χ0v) is 17.1. The van der Waals surface area contributed by atoms with E-state index in [1.54, 1.807) is 10.6 Å². The Bertz CT molecular complexity index is 816. The van der Waals surface area contributed by atoms with Gasteiger partial charge >= 0.3 is 6.09 Å². The number of ether oxygens (including phenoxy) is 1. The third-order valence-corrected chi connectivity index (χ3v) is 6.00. The molecule has 2 fully saturated rings. The molecule has 1 aliphatic heterocycles. The molecule has 2 aromatic heterocycles. The van der Waals surface area contributed by atoms with E-state index in [9.17, 15) is 9.90 Å². The topological polar surface area (TPSA) is 105 Å². The number of fused-ring (bicyclic) bond motifs is 1. The SMILES string of the molecule is O=C(O)N(CC1CCOCC1)c1cc(NC2CCCC2)nn2c(I)nnc12. The predicted octanol–water partition coefficient (Wildman–Crippen LogP) is 2.99. The fraction of sp³-hybridized carbons (Fsp3) is 0.647. The van der Waals surface area contributed by atoms with Gasteiger partial charge in [-0.15, -0.1) is 15.3 Å². The minimum absolute atomic E-state index is 0.274. The summed E-state index contributed by atoms with van der Waals surface area (Å²) in [4.78, 5) is 13.5. The largest absolute Gasteiger partial charge is 0.465 e. The monoisotopic (exact) mass is 486 g/mol. The third kappa shape index (κ3) is 4.10. The highest BCUT2D eigenvalue weighted by atomic mass is 127. The van der Waals surface area contributed by atoms with E-state index in [-0.39, 0.29) is 5.92 Å². The molecule has 10 heteroatoms. The van der Waals surface area contributed by atoms with Crippen molar-refractivity contribution in [3.05, 3.63) is 9.90 Å². The number of amides is 1. The fourth-order valence-corrected chi connectivity index (χ4v) is 4.30. The lowest BCUT2D eigenvalue weighted by atomic mass is 9.99. The molecule has 2 aromatic rings. The van der Waals surface area contributed by atoms with E-state index >= 15 is 0 Å². The van der Waals surface area contributed by atoms with E-state index in [4.69, 9.17) is 4.74 Å². The molecule has 1 saturated carbocycles. The Morgan fingerprint density at radius 2 is 2.04 bits per heavy atom. The molecular weight excluding hydrogens is 463 g/mol. The summed E-state index contributed by atoms with van der Waals surface area (Å²) in [6, 6.07) is 2.18. The van der Waals surface area contributed by atoms with E-state index in [2.05, 4.69) is 43.2 Å². The number of aromatic nitrogens is 4. The van der Waals surface area contributed by atoms with Crippen molar-refractivity contribution in [2.24, 2.45) is 5.92 Å². The van der Waals surface area contributed by atoms with Crippen molar-refractivity contribution in [3.63, 3.8) is 0 Å². The lowest BCUT2D eigenvalue weighted by Crippen LogP contribution is -2.37. The van der Waals surface area contributed by atoms with Crippen molar-refractivity contribution in [2.75, 3.05) is 30.0 Å². The molecule has 0 spiro atoms. The summed E-state index contributed by atoms with van der Waals surface area (Å²) in [5, 5.41) is 26.2. The molecule has 27 heavy (non-hydrogen) atoms. The van der Waals surface area contributed by atoms with Gasteiger partial charge in [0.15, 0.2) is 0 Å². The van der Waals surface area contributed by atoms with E-state index < -0.39 is 6.09 Å². The van der Waals surface area contributed by atoms with Crippen molar-refractivity contribution < 1.29 is 14.6 Å². The van der Waals surface area contributed by atoms with Gasteiger partial charge in [0.1, 0.15) is 5.82 Å². The number of rotatable bonds is 5. The lowest BCUT2D eigenvalue weighted by molar-refractivity contribution is 0.0680. The molecule has 1 aliphatic carbocycles. The Labute approximate surface area is 170 Å². The van der Waals surface area contributed by atoms with Gasteiger partial charge in [0.2, 0.25) is 9.48 Å². The number of nitrogens with one attached hydrogen (secondary N) is 1. The van der Waals surface area contributed by atoms with Crippen LogP contribution in [0.5, 0.6) is 0 Å². The number of hydrogen-bond donors (Lipinski definition) is 2. The highest BCUT2D eigenvalue weighted by Gasteiger charge is 2.26. The van der Waals surface area contributed by atoms with Crippen LogP contribution < -0.4 is 10.2 Å². The number of carbonyl (C=O) groups is 1. The van der Waals surface area contributed by atoms with Gasteiger partial charge in [0.05, 0.1) is 5.69 Å². The fourth-order valence-electron chi connectivity index (χ4n) is 3.85. The maximum Gasteiger partial charge on any atom is 0.411 e. The molecule has 2 aliphatic rings. The van der Waals surface area contributed by atoms with Crippen molar-refractivity contribution in [1.29, 1.82) is 0 Å². The molecule has 1 saturated heterocycles. The van der Waals surface area contributed by atoms with Gasteiger partial charge in [-0.3, -0.25) is 4.90 Å². The van der Waals surface area contributed by atoms with Gasteiger partial charge in [-0.1, -0.05) is 12.8 Å². The van der Waals surface area contributed by atoms with Crippen molar-refractivity contribution >= 4 is 45.8 Å². The molecule has 0 unspecified atom stereocenters. The third-order valence-electron chi connectivity index (χ3n) is 5.32. The van der Waals surface area contributed by atoms with Gasteiger partial charge in [-0.05, 0) is 31.6 Å². The first kappa shape index (κ1) is 18.7. The van der Waals surface area contributed by atoms with E-state index in [0.29, 0.717) is 46.8 Å². The quantitative estimate of drug-likeness (QED) is 0.627. The van der Waals surface area contributed by atoms with Crippen LogP contribution in [-0.4, -0.2) is 56.8 Å². The maximum atomic E-state index is 12.1. The Hall–Kier alpha value is -1.69. The average molecular weight is 486 g/mol. The maximum absolute atomic E-state index is 12.1. The van der Waals surface area contributed by atoms with Gasteiger partial charge in [0, 0.05) is 54.5 Å². The number of hydrogen-bond acceptors (Lipinski definition) is 6. The average Bonchev–Trinajstić information content (AvgIpc) is 3.30. The van der Waals surface area contributed by atoms with Gasteiger partial charge in [-0.25, -0.2) is 4.79 Å². The molecule has 146 valence electrons. The molecule has 0 radical (unpaired) electrons. The standard InChI is InChI=1S/C17H23IN6O3/c18-16-21-20-15-13(23(17(25)26)10-11-5-7-27-8-6-11)9-14(22-24(15)16)19-12-3-1-2-4-12/h9,11-12H,1-8,10H2,(H,19,22)(H,25,26). The highest BCUT2D eigenvalue weighted by molar-refractivity contribution is 14.1. The van der Waals surface area contributed by atoms with E-state index in [1.165, 1.54) is 17.7 Å². The van der Waals surface area contributed by atoms with E-state index in [0.717, 1.165) is 25.7 Å². The summed E-state index contributed by atoms with van der Waals surface area (Å²) < 4.78 is 7.63. The van der Waals surface area contributed by atoms with Crippen LogP contribution in [0, 0.1) is 9.75 Å². The summed E-state index contributed by atoms with van der Waals surface area (Å²) in [7, 11) is 0. The van der Waals surface area contributed by atoms with Crippen LogP contribution in [0.15, 0.2) is 6.07 Å². The number of halogens is 1. The highest BCUT2D eigenvalue weighted by Crippen LogP contribution is 2.29. The molecular formula is C17H23IN6O3. The Balaban J connectivity index is 1.68. The van der Waals surface area contributed by atoms with Crippen LogP contribution in [0.25, 0.3) is 5.65 Å². The van der Waals surface area contributed by atoms with Crippen LogP contribution in [0.3, 0.4) is 0 Å². The first-order valence-corrected chi connectivity index (χ1v) is 10.5. The second-order valence-corrected chi connectivity index (χ2v) is 8.16. The minimum atomic E-state index is -0.987. The smallest absolute Gasteiger partial charge is 0.411 e. The predicted molar refractivity (Wildman–Crippen MR) is 108 cm³/mol. The number of nitrogens with zero attached hydrogens (tertiary/aromatic N) is 5. The van der Waals surface area contributed by atoms with Crippen LogP contribution in [0.1, 0.15) is 38.5 Å². The van der Waals surface area contributed by atoms with Crippen molar-refractivity contribution in [2.45, 2.75) is 44.6 Å². The molecule has 0 atom stereocenters. The van der Waals surface area contributed by atoms with Crippen LogP contribution in [-0.2, 0) is 4.74 Å². The lowest BCUT2D eigenvalue weighted by Gasteiger charge is -2.28. The normalized spacial score (nSPS) is 18.9. The minimum Gasteiger partial charge on any atom is -0.465 e. The summed E-state index contributed by atoms with van der Waals surface area (Å²) in [5.41, 5.74) is 0.991. The Morgan fingerprint density at radius 3 is 2.74 bits per heavy atom. The summed E-state index contributed by atoms with van der Waals surface area (Å²) in [6.45, 7) is 1.78. The molecule has 0 bridgehead atoms. The van der Waals surface area contributed by atoms with Gasteiger partial charge in [-0.2, -0.15) is 4.52 Å². The molecule has 2 N–H and O–H groups in total. The second kappa shape index (κ2) is 8.13. The Morgan fingerprint density at radius 1 is 1.30 bits per heavy atom. The van der Waals surface area contributed by atoms with E-state index in [1.807, 2.05) is 0 Å². The zero-order valence-electron chi connectivity index (χ0n) is 15.0. The number of carboxylic acid groups (broad SMARTS) is 1. The van der Waals surface area contributed by atoms with Crippen LogP contribution in [0.4, 0.5) is 16.3 Å². The van der Waals surface area contributed by atoms with Crippen LogP contribution in [0.2, 0.25) is 0 Å². The van der Waals surface area contributed by atoms with Crippen LogP contribution >= 0.6 is 22.6 Å². The molecule has 9 nitrogen and oxygen atoms in total. The molecule has 4 rings (SSSR count). The first-order chi connectivity index (χ1) is 13.1. The summed E-state index contributed by atoms with van der Waals surface area (Å²) >= 11 is 2.06. The first-order valence-electron chi connectivity index (χ1n) is 9.38. The van der Waals surface area contributed by atoms with Crippen molar-refractivity contribution in [3.8, 4) is 0 Å².